The Morgan fingerprint density at radius 2 is 2.00 bits per heavy atom. The zero-order valence-electron chi connectivity index (χ0n) is 10.8. The maximum atomic E-state index is 3.96. The standard InChI is InChI=1S/C14H24N2/c1-7-9-10-16(6)11-14(8-2)13(5)15-12(3)4/h8,11,15H,2-3,5,7,9-10H2,1,4,6H3/b14-11+. The molecule has 0 saturated heterocycles. The summed E-state index contributed by atoms with van der Waals surface area (Å²) in [4.78, 5) is 2.16. The average molecular weight is 220 g/mol. The van der Waals surface area contributed by atoms with Crippen molar-refractivity contribution in [3.63, 3.8) is 0 Å². The van der Waals surface area contributed by atoms with E-state index in [9.17, 15) is 0 Å². The predicted octanol–water partition coefficient (Wildman–Crippen LogP) is 3.43. The van der Waals surface area contributed by atoms with Crippen LogP contribution in [0.1, 0.15) is 26.7 Å². The number of unbranched alkanes of at least 4 members (excludes halogenated alkanes) is 1. The van der Waals surface area contributed by atoms with Gasteiger partial charge in [-0.15, -0.1) is 0 Å². The van der Waals surface area contributed by atoms with Gasteiger partial charge in [-0.25, -0.2) is 0 Å². The molecule has 0 unspecified atom stereocenters. The molecule has 0 aliphatic heterocycles. The lowest BCUT2D eigenvalue weighted by molar-refractivity contribution is 0.439. The SMILES string of the molecule is C=C/C(=C\N(C)CCCC)C(=C)NC(=C)C. The number of hydrogen-bond acceptors (Lipinski definition) is 2. The summed E-state index contributed by atoms with van der Waals surface area (Å²) in [5.74, 6) is 0. The topological polar surface area (TPSA) is 15.3 Å². The highest BCUT2D eigenvalue weighted by molar-refractivity contribution is 5.36. The fraction of sp³-hybridized carbons (Fsp3) is 0.429. The molecule has 0 spiro atoms. The van der Waals surface area contributed by atoms with Gasteiger partial charge in [0.1, 0.15) is 0 Å². The Bertz CT molecular complexity index is 287. The molecule has 0 aliphatic rings. The first-order valence-electron chi connectivity index (χ1n) is 5.67. The molecule has 0 fully saturated rings. The van der Waals surface area contributed by atoms with E-state index in [2.05, 4.69) is 50.1 Å². The lowest BCUT2D eigenvalue weighted by Gasteiger charge is -2.17. The molecule has 0 rings (SSSR count). The molecule has 0 saturated carbocycles. The first kappa shape index (κ1) is 14.6. The van der Waals surface area contributed by atoms with Gasteiger partial charge in [0.25, 0.3) is 0 Å². The second kappa shape index (κ2) is 7.80. The summed E-state index contributed by atoms with van der Waals surface area (Å²) < 4.78 is 0. The molecule has 2 heteroatoms. The van der Waals surface area contributed by atoms with E-state index in [0.717, 1.165) is 23.5 Å². The predicted molar refractivity (Wildman–Crippen MR) is 72.9 cm³/mol. The van der Waals surface area contributed by atoms with Crippen LogP contribution in [0, 0.1) is 0 Å². The normalized spacial score (nSPS) is 10.8. The van der Waals surface area contributed by atoms with Crippen LogP contribution in [0.5, 0.6) is 0 Å². The molecule has 16 heavy (non-hydrogen) atoms. The fourth-order valence-electron chi connectivity index (χ4n) is 1.29. The van der Waals surface area contributed by atoms with E-state index in [1.165, 1.54) is 12.8 Å². The van der Waals surface area contributed by atoms with Gasteiger partial charge in [-0.2, -0.15) is 0 Å². The van der Waals surface area contributed by atoms with Crippen LogP contribution in [0.3, 0.4) is 0 Å². The van der Waals surface area contributed by atoms with Crippen LogP contribution in [0.25, 0.3) is 0 Å². The van der Waals surface area contributed by atoms with Crippen molar-refractivity contribution >= 4 is 0 Å². The molecule has 0 aromatic heterocycles. The Balaban J connectivity index is 4.46. The minimum Gasteiger partial charge on any atom is -0.380 e. The van der Waals surface area contributed by atoms with Gasteiger partial charge < -0.3 is 10.2 Å². The van der Waals surface area contributed by atoms with Crippen LogP contribution in [-0.4, -0.2) is 18.5 Å². The van der Waals surface area contributed by atoms with Crippen molar-refractivity contribution in [2.45, 2.75) is 26.7 Å². The van der Waals surface area contributed by atoms with Gasteiger partial charge in [-0.05, 0) is 13.3 Å². The van der Waals surface area contributed by atoms with Gasteiger partial charge in [0.15, 0.2) is 0 Å². The van der Waals surface area contributed by atoms with Crippen LogP contribution in [-0.2, 0) is 0 Å². The Labute approximate surface area is 100 Å². The van der Waals surface area contributed by atoms with Crippen molar-refractivity contribution in [2.75, 3.05) is 13.6 Å². The Kier molecular flexibility index (Phi) is 7.10. The van der Waals surface area contributed by atoms with Crippen molar-refractivity contribution in [3.8, 4) is 0 Å². The summed E-state index contributed by atoms with van der Waals surface area (Å²) in [6.45, 7) is 16.7. The second-order valence-electron chi connectivity index (χ2n) is 4.01. The number of rotatable bonds is 8. The number of allylic oxidation sites excluding steroid dienone is 2. The summed E-state index contributed by atoms with van der Waals surface area (Å²) in [6, 6.07) is 0. The molecule has 0 atom stereocenters. The first-order valence-corrected chi connectivity index (χ1v) is 5.67. The Morgan fingerprint density at radius 1 is 1.38 bits per heavy atom. The molecule has 1 N–H and O–H groups in total. The van der Waals surface area contributed by atoms with Crippen molar-refractivity contribution in [3.05, 3.63) is 49.0 Å². The largest absolute Gasteiger partial charge is 0.380 e. The van der Waals surface area contributed by atoms with Crippen LogP contribution in [0.2, 0.25) is 0 Å². The molecule has 0 bridgehead atoms. The minimum atomic E-state index is 0.839. The highest BCUT2D eigenvalue weighted by atomic mass is 15.1. The van der Waals surface area contributed by atoms with Crippen LogP contribution in [0.4, 0.5) is 0 Å². The van der Waals surface area contributed by atoms with Crippen molar-refractivity contribution in [1.82, 2.24) is 10.2 Å². The molecular weight excluding hydrogens is 196 g/mol. The molecule has 0 amide bonds. The van der Waals surface area contributed by atoms with Crippen molar-refractivity contribution < 1.29 is 0 Å². The molecule has 90 valence electrons. The Morgan fingerprint density at radius 3 is 2.44 bits per heavy atom. The maximum absolute atomic E-state index is 3.96. The Hall–Kier alpha value is -1.44. The molecule has 0 aliphatic carbocycles. The summed E-state index contributed by atoms with van der Waals surface area (Å²) in [5.41, 5.74) is 2.72. The first-order chi connectivity index (χ1) is 7.51. The van der Waals surface area contributed by atoms with E-state index in [1.54, 1.807) is 6.08 Å². The molecule has 0 radical (unpaired) electrons. The van der Waals surface area contributed by atoms with Gasteiger partial charge in [-0.1, -0.05) is 39.2 Å². The molecule has 0 aromatic carbocycles. The van der Waals surface area contributed by atoms with Crippen molar-refractivity contribution in [1.29, 1.82) is 0 Å². The minimum absolute atomic E-state index is 0.839. The summed E-state index contributed by atoms with van der Waals surface area (Å²) in [5, 5.41) is 3.10. The summed E-state index contributed by atoms with van der Waals surface area (Å²) in [6.07, 6.45) is 6.26. The number of hydrogen-bond donors (Lipinski definition) is 1. The second-order valence-corrected chi connectivity index (χ2v) is 4.01. The van der Waals surface area contributed by atoms with Gasteiger partial charge in [0, 0.05) is 36.8 Å². The van der Waals surface area contributed by atoms with Gasteiger partial charge in [0.05, 0.1) is 0 Å². The third-order valence-electron chi connectivity index (χ3n) is 2.16. The highest BCUT2D eigenvalue weighted by Gasteiger charge is 2.00. The lowest BCUT2D eigenvalue weighted by atomic mass is 10.2. The monoisotopic (exact) mass is 220 g/mol. The number of nitrogens with zero attached hydrogens (tertiary/aromatic N) is 1. The van der Waals surface area contributed by atoms with E-state index in [1.807, 2.05) is 6.92 Å². The summed E-state index contributed by atoms with van der Waals surface area (Å²) >= 11 is 0. The van der Waals surface area contributed by atoms with Crippen LogP contribution >= 0.6 is 0 Å². The highest BCUT2D eigenvalue weighted by Crippen LogP contribution is 2.08. The van der Waals surface area contributed by atoms with E-state index in [-0.39, 0.29) is 0 Å². The average Bonchev–Trinajstić information content (AvgIpc) is 2.21. The van der Waals surface area contributed by atoms with E-state index < -0.39 is 0 Å². The zero-order chi connectivity index (χ0) is 12.6. The van der Waals surface area contributed by atoms with Gasteiger partial charge in [-0.3, -0.25) is 0 Å². The van der Waals surface area contributed by atoms with Crippen LogP contribution in [0.15, 0.2) is 49.0 Å². The number of nitrogens with one attached hydrogen (secondary N) is 1. The van der Waals surface area contributed by atoms with E-state index in [0.29, 0.717) is 0 Å². The smallest absolute Gasteiger partial charge is 0.0396 e. The fourth-order valence-corrected chi connectivity index (χ4v) is 1.29. The summed E-state index contributed by atoms with van der Waals surface area (Å²) in [7, 11) is 2.06. The quantitative estimate of drug-likeness (QED) is 0.630. The molecule has 2 nitrogen and oxygen atoms in total. The van der Waals surface area contributed by atoms with E-state index in [4.69, 9.17) is 0 Å². The third kappa shape index (κ3) is 6.12. The molecular formula is C14H24N2. The van der Waals surface area contributed by atoms with Crippen LogP contribution < -0.4 is 5.32 Å². The van der Waals surface area contributed by atoms with Gasteiger partial charge >= 0.3 is 0 Å². The van der Waals surface area contributed by atoms with E-state index >= 15 is 0 Å². The molecule has 0 heterocycles. The maximum Gasteiger partial charge on any atom is 0.0396 e. The van der Waals surface area contributed by atoms with Gasteiger partial charge in [0.2, 0.25) is 0 Å². The zero-order valence-corrected chi connectivity index (χ0v) is 10.8. The third-order valence-corrected chi connectivity index (χ3v) is 2.16. The molecule has 0 aromatic rings. The lowest BCUT2D eigenvalue weighted by Crippen LogP contribution is -2.16. The van der Waals surface area contributed by atoms with Crippen molar-refractivity contribution in [2.24, 2.45) is 0 Å².